The van der Waals surface area contributed by atoms with Gasteiger partial charge in [-0.3, -0.25) is 23.7 Å². The van der Waals surface area contributed by atoms with Crippen LogP contribution in [0.1, 0.15) is 66.2 Å². The van der Waals surface area contributed by atoms with E-state index in [0.29, 0.717) is 34.0 Å². The second-order valence-corrected chi connectivity index (χ2v) is 14.7. The van der Waals surface area contributed by atoms with E-state index in [0.717, 1.165) is 75.3 Å². The van der Waals surface area contributed by atoms with Crippen molar-refractivity contribution >= 4 is 53.2 Å². The Labute approximate surface area is 289 Å². The Morgan fingerprint density at radius 1 is 0.980 bits per heavy atom. The van der Waals surface area contributed by atoms with Crippen molar-refractivity contribution < 1.29 is 42.3 Å². The van der Waals surface area contributed by atoms with E-state index in [4.69, 9.17) is 9.79 Å². The van der Waals surface area contributed by atoms with Gasteiger partial charge in [0.2, 0.25) is 18.2 Å². The number of alkyl halides is 2. The van der Waals surface area contributed by atoms with Gasteiger partial charge in [0.25, 0.3) is 5.91 Å². The Hall–Kier alpha value is -3.71. The molecule has 4 heterocycles. The van der Waals surface area contributed by atoms with Crippen LogP contribution in [0.25, 0.3) is 10.1 Å². The molecule has 0 saturated carbocycles. The summed E-state index contributed by atoms with van der Waals surface area (Å²) in [6.07, 6.45) is 6.99. The minimum atomic E-state index is -5.60. The van der Waals surface area contributed by atoms with Gasteiger partial charge >= 0.3 is 13.3 Å². The Morgan fingerprint density at radius 2 is 1.65 bits per heavy atom. The summed E-state index contributed by atoms with van der Waals surface area (Å²) in [6, 6.07) is 15.3. The lowest BCUT2D eigenvalue weighted by Crippen LogP contribution is -2.44. The van der Waals surface area contributed by atoms with Crippen LogP contribution < -0.4 is 5.32 Å². The van der Waals surface area contributed by atoms with E-state index in [2.05, 4.69) is 24.4 Å². The summed E-state index contributed by atoms with van der Waals surface area (Å²) in [5.41, 5.74) is -3.71. The van der Waals surface area contributed by atoms with Crippen LogP contribution in [0.15, 0.2) is 54.6 Å². The molecule has 3 aromatic rings. The number of nitrogens with one attached hydrogen (secondary N) is 1. The zero-order valence-electron chi connectivity index (χ0n) is 28.0. The van der Waals surface area contributed by atoms with Gasteiger partial charge < -0.3 is 29.8 Å². The van der Waals surface area contributed by atoms with Crippen LogP contribution in [0.3, 0.4) is 0 Å². The molecule has 11 nitrogen and oxygen atoms in total. The highest BCUT2D eigenvalue weighted by Crippen LogP contribution is 2.59. The molecular weight excluding hydrogens is 677 g/mol. The summed E-state index contributed by atoms with van der Waals surface area (Å²) < 4.78 is 38.6. The molecule has 3 saturated heterocycles. The van der Waals surface area contributed by atoms with Crippen molar-refractivity contribution in [3.05, 3.63) is 70.6 Å². The predicted octanol–water partition coefficient (Wildman–Crippen LogP) is 5.34. The maximum absolute atomic E-state index is 13.6. The fourth-order valence-electron chi connectivity index (χ4n) is 5.59. The first kappa shape index (κ1) is 39.7. The molecule has 49 heavy (non-hydrogen) atoms. The molecule has 1 aromatic heterocycles. The highest BCUT2D eigenvalue weighted by atomic mass is 32.1. The van der Waals surface area contributed by atoms with E-state index in [1.54, 1.807) is 16.7 Å². The van der Waals surface area contributed by atoms with Gasteiger partial charge in [-0.25, -0.2) is 0 Å². The quantitative estimate of drug-likeness (QED) is 0.243. The molecule has 3 N–H and O–H groups in total. The summed E-state index contributed by atoms with van der Waals surface area (Å²) in [7, 11) is -4.15. The zero-order valence-corrected chi connectivity index (χ0v) is 29.7. The summed E-state index contributed by atoms with van der Waals surface area (Å²) in [4.78, 5) is 67.8. The lowest BCUT2D eigenvalue weighted by Gasteiger charge is -2.31. The molecule has 6 rings (SSSR count). The van der Waals surface area contributed by atoms with Crippen LogP contribution in [0.4, 0.5) is 8.78 Å². The van der Waals surface area contributed by atoms with E-state index in [9.17, 15) is 32.5 Å². The fraction of sp³-hybridized carbons (Fsp3) is 0.471. The van der Waals surface area contributed by atoms with Crippen molar-refractivity contribution in [2.45, 2.75) is 64.1 Å². The molecule has 0 radical (unpaired) electrons. The van der Waals surface area contributed by atoms with Crippen LogP contribution in [0, 0.1) is 6.92 Å². The van der Waals surface area contributed by atoms with Gasteiger partial charge in [-0.15, -0.1) is 11.3 Å². The highest BCUT2D eigenvalue weighted by Gasteiger charge is 2.50. The van der Waals surface area contributed by atoms with E-state index >= 15 is 0 Å². The van der Waals surface area contributed by atoms with Gasteiger partial charge in [-0.05, 0) is 62.6 Å². The van der Waals surface area contributed by atoms with Crippen molar-refractivity contribution in [2.75, 3.05) is 39.8 Å². The SMILES string of the molecule is CC(=O)N1CCC(=O)N2CCCC2CC1.CNC(=O)c1cc2cc(C(F)(F)P(=O)(O)O)ccc2s1.Cc1ccccc1.O=CN1CCCC1. The number of benzene rings is 2. The normalized spacial score (nSPS) is 17.7. The topological polar surface area (TPSA) is 148 Å². The number of thiophene rings is 1. The van der Waals surface area contributed by atoms with Crippen LogP contribution in [0.2, 0.25) is 0 Å². The van der Waals surface area contributed by atoms with E-state index in [1.165, 1.54) is 37.6 Å². The number of nitrogens with zero attached hydrogens (tertiary/aromatic N) is 3. The minimum Gasteiger partial charge on any atom is -0.354 e. The molecular formula is C34H45F2N4O7PS. The standard InChI is InChI=1S/C11H10F2NO4PS.C11H18N2O2.C7H8.C5H9NO/c1-14-10(15)9-5-6-4-7(2-3-8(6)20-9)11(12,13)19(16,17)18;1-9(14)12-7-4-10-3-2-6-13(10)11(15)5-8-12;1-7-5-3-2-4-6-7;7-5-6-3-1-2-4-6/h2-5H,1H3,(H,14,15)(H2,16,17,18);10H,2-8H2,1H3;2-6H,1H3;5H,1-4H2. The summed E-state index contributed by atoms with van der Waals surface area (Å²) in [6.45, 7) is 7.94. The highest BCUT2D eigenvalue weighted by molar-refractivity contribution is 7.52. The lowest BCUT2D eigenvalue weighted by molar-refractivity contribution is -0.136. The third-order valence-corrected chi connectivity index (χ3v) is 10.5. The molecule has 3 aliphatic rings. The lowest BCUT2D eigenvalue weighted by atomic mass is 10.1. The van der Waals surface area contributed by atoms with Gasteiger partial charge in [0, 0.05) is 69.4 Å². The molecule has 268 valence electrons. The molecule has 1 atom stereocenters. The van der Waals surface area contributed by atoms with Crippen LogP contribution in [-0.4, -0.2) is 94.4 Å². The maximum Gasteiger partial charge on any atom is 0.399 e. The Morgan fingerprint density at radius 3 is 2.18 bits per heavy atom. The second-order valence-electron chi connectivity index (χ2n) is 12.0. The van der Waals surface area contributed by atoms with Gasteiger partial charge in [-0.2, -0.15) is 8.78 Å². The first-order chi connectivity index (χ1) is 23.2. The molecule has 0 spiro atoms. The number of rotatable bonds is 4. The molecule has 15 heteroatoms. The van der Waals surface area contributed by atoms with Gasteiger partial charge in [0.05, 0.1) is 4.88 Å². The van der Waals surface area contributed by atoms with Crippen LogP contribution >= 0.6 is 18.9 Å². The average molecular weight is 723 g/mol. The smallest absolute Gasteiger partial charge is 0.354 e. The number of hydrogen-bond acceptors (Lipinski definition) is 6. The molecule has 0 aliphatic carbocycles. The largest absolute Gasteiger partial charge is 0.399 e. The van der Waals surface area contributed by atoms with Gasteiger partial charge in [-0.1, -0.05) is 42.0 Å². The maximum atomic E-state index is 13.6. The fourth-order valence-corrected chi connectivity index (χ4v) is 7.05. The monoisotopic (exact) mass is 722 g/mol. The van der Waals surface area contributed by atoms with Gasteiger partial charge in [0.15, 0.2) is 0 Å². The summed E-state index contributed by atoms with van der Waals surface area (Å²) >= 11 is 1.11. The van der Waals surface area contributed by atoms with Gasteiger partial charge in [0.1, 0.15) is 0 Å². The molecule has 0 bridgehead atoms. The van der Waals surface area contributed by atoms with E-state index in [-0.39, 0.29) is 17.7 Å². The molecule has 2 aromatic carbocycles. The number of likely N-dealkylation sites (tertiary alicyclic amines) is 1. The molecule has 1 unspecified atom stereocenters. The third kappa shape index (κ3) is 11.4. The number of aryl methyl sites for hydroxylation is 1. The minimum absolute atomic E-state index is 0.0919. The average Bonchev–Trinajstić information content (AvgIpc) is 3.85. The molecule has 3 fully saturated rings. The zero-order chi connectivity index (χ0) is 36.2. The predicted molar refractivity (Wildman–Crippen MR) is 185 cm³/mol. The Kier molecular flexibility index (Phi) is 14.9. The van der Waals surface area contributed by atoms with Crippen LogP contribution in [-0.2, 0) is 24.6 Å². The summed E-state index contributed by atoms with van der Waals surface area (Å²) in [5, 5.41) is 2.74. The number of carbonyl (C=O) groups is 4. The van der Waals surface area contributed by atoms with Crippen molar-refractivity contribution in [1.82, 2.24) is 20.0 Å². The van der Waals surface area contributed by atoms with E-state index in [1.807, 2.05) is 23.1 Å². The molecule has 4 amide bonds. The number of hydrogen-bond donors (Lipinski definition) is 3. The summed E-state index contributed by atoms with van der Waals surface area (Å²) in [5.74, 6) is -0.0350. The number of halogens is 2. The third-order valence-electron chi connectivity index (χ3n) is 8.38. The van der Waals surface area contributed by atoms with Crippen molar-refractivity contribution in [1.29, 1.82) is 0 Å². The number of amides is 4. The number of carbonyl (C=O) groups excluding carboxylic acids is 4. The van der Waals surface area contributed by atoms with E-state index < -0.39 is 18.8 Å². The Balaban J connectivity index is 0.000000195. The Bertz CT molecular complexity index is 1610. The first-order valence-corrected chi connectivity index (χ1v) is 18.6. The van der Waals surface area contributed by atoms with Crippen molar-refractivity contribution in [3.8, 4) is 0 Å². The van der Waals surface area contributed by atoms with Crippen molar-refractivity contribution in [3.63, 3.8) is 0 Å². The first-order valence-electron chi connectivity index (χ1n) is 16.1. The second kappa shape index (κ2) is 18.3. The van der Waals surface area contributed by atoms with Crippen molar-refractivity contribution in [2.24, 2.45) is 0 Å². The number of fused-ring (bicyclic) bond motifs is 2. The van der Waals surface area contributed by atoms with Crippen LogP contribution in [0.5, 0.6) is 0 Å². The molecule has 3 aliphatic heterocycles.